The zero-order chi connectivity index (χ0) is 19.3. The highest BCUT2D eigenvalue weighted by Gasteiger charge is 2.41. The van der Waals surface area contributed by atoms with Gasteiger partial charge in [0.2, 0.25) is 5.91 Å². The lowest BCUT2D eigenvalue weighted by molar-refractivity contribution is -0.130. The van der Waals surface area contributed by atoms with Crippen LogP contribution in [0.15, 0.2) is 30.3 Å². The summed E-state index contributed by atoms with van der Waals surface area (Å²) in [6, 6.07) is 8.15. The third-order valence-corrected chi connectivity index (χ3v) is 6.25. The largest absolute Gasteiger partial charge is 0.497 e. The molecule has 5 heteroatoms. The first-order valence-corrected chi connectivity index (χ1v) is 10.1. The number of hydrogen-bond donors (Lipinski definition) is 0. The molecule has 0 N–H and O–H groups in total. The van der Waals surface area contributed by atoms with E-state index in [0.29, 0.717) is 12.3 Å². The van der Waals surface area contributed by atoms with Crippen molar-refractivity contribution in [3.8, 4) is 5.75 Å². The molecule has 148 valence electrons. The molecule has 5 nitrogen and oxygen atoms in total. The molecule has 0 aromatic heterocycles. The first kappa shape index (κ1) is 19.9. The fourth-order valence-electron chi connectivity index (χ4n) is 4.32. The molecule has 0 unspecified atom stereocenters. The number of carbonyl (C=O) groups excluding carboxylic acids is 1. The van der Waals surface area contributed by atoms with E-state index in [2.05, 4.69) is 48.1 Å². The Labute approximate surface area is 163 Å². The molecule has 3 rings (SSSR count). The van der Waals surface area contributed by atoms with Crippen LogP contribution < -0.4 is 4.74 Å². The van der Waals surface area contributed by atoms with Crippen molar-refractivity contribution >= 4 is 12.0 Å². The molecule has 2 aliphatic heterocycles. The van der Waals surface area contributed by atoms with E-state index in [1.54, 1.807) is 7.11 Å². The zero-order valence-electron chi connectivity index (χ0n) is 17.0. The second-order valence-corrected chi connectivity index (χ2v) is 7.78. The highest BCUT2D eigenvalue weighted by Crippen LogP contribution is 2.32. The van der Waals surface area contributed by atoms with Gasteiger partial charge in [0.15, 0.2) is 0 Å². The number of ether oxygens (including phenoxy) is 1. The SMILES string of the molecule is CCN1CC[C@@]2(CCC1=O)CN(C/C=C/c1ccc(OC)cc1)CCN2C. The number of hydrogen-bond acceptors (Lipinski definition) is 4. The highest BCUT2D eigenvalue weighted by atomic mass is 16.5. The van der Waals surface area contributed by atoms with Gasteiger partial charge in [0.1, 0.15) is 5.75 Å². The van der Waals surface area contributed by atoms with Crippen LogP contribution in [0.25, 0.3) is 6.08 Å². The van der Waals surface area contributed by atoms with Crippen LogP contribution in [0.1, 0.15) is 31.7 Å². The molecule has 1 aromatic rings. The number of amides is 1. The summed E-state index contributed by atoms with van der Waals surface area (Å²) < 4.78 is 5.21. The molecule has 1 spiro atoms. The van der Waals surface area contributed by atoms with Gasteiger partial charge in [-0.1, -0.05) is 24.3 Å². The lowest BCUT2D eigenvalue weighted by Gasteiger charge is -2.49. The predicted molar refractivity (Wildman–Crippen MR) is 110 cm³/mol. The first-order chi connectivity index (χ1) is 13.1. The van der Waals surface area contributed by atoms with Crippen molar-refractivity contribution in [3.05, 3.63) is 35.9 Å². The van der Waals surface area contributed by atoms with Crippen molar-refractivity contribution in [2.24, 2.45) is 0 Å². The Hall–Kier alpha value is -1.85. The summed E-state index contributed by atoms with van der Waals surface area (Å²) in [5.41, 5.74) is 1.32. The maximum absolute atomic E-state index is 12.3. The molecular weight excluding hydrogens is 338 g/mol. The van der Waals surface area contributed by atoms with E-state index in [0.717, 1.165) is 57.9 Å². The molecule has 0 aliphatic carbocycles. The van der Waals surface area contributed by atoms with Gasteiger partial charge in [-0.25, -0.2) is 0 Å². The summed E-state index contributed by atoms with van der Waals surface area (Å²) in [5.74, 6) is 1.21. The Morgan fingerprint density at radius 3 is 2.63 bits per heavy atom. The summed E-state index contributed by atoms with van der Waals surface area (Å²) in [5, 5.41) is 0. The second kappa shape index (κ2) is 8.89. The minimum Gasteiger partial charge on any atom is -0.497 e. The molecule has 27 heavy (non-hydrogen) atoms. The molecule has 0 radical (unpaired) electrons. The van der Waals surface area contributed by atoms with E-state index < -0.39 is 0 Å². The Morgan fingerprint density at radius 2 is 1.93 bits per heavy atom. The molecule has 2 aliphatic rings. The van der Waals surface area contributed by atoms with Crippen LogP contribution in [0.3, 0.4) is 0 Å². The van der Waals surface area contributed by atoms with Gasteiger partial charge < -0.3 is 9.64 Å². The number of methoxy groups -OCH3 is 1. The molecule has 0 bridgehead atoms. The smallest absolute Gasteiger partial charge is 0.222 e. The predicted octanol–water partition coefficient (Wildman–Crippen LogP) is 2.73. The van der Waals surface area contributed by atoms with Crippen LogP contribution in [0.4, 0.5) is 0 Å². The summed E-state index contributed by atoms with van der Waals surface area (Å²) in [6.45, 7) is 7.93. The van der Waals surface area contributed by atoms with E-state index in [-0.39, 0.29) is 5.54 Å². The minimum absolute atomic E-state index is 0.131. The molecule has 1 atom stereocenters. The van der Waals surface area contributed by atoms with Gasteiger partial charge in [-0.2, -0.15) is 0 Å². The number of likely N-dealkylation sites (N-methyl/N-ethyl adjacent to an activating group) is 1. The van der Waals surface area contributed by atoms with Gasteiger partial charge in [0.05, 0.1) is 7.11 Å². The Bertz CT molecular complexity index is 658. The van der Waals surface area contributed by atoms with E-state index in [1.165, 1.54) is 5.56 Å². The van der Waals surface area contributed by atoms with Crippen molar-refractivity contribution in [2.45, 2.75) is 31.7 Å². The van der Waals surface area contributed by atoms with Crippen LogP contribution in [-0.2, 0) is 4.79 Å². The van der Waals surface area contributed by atoms with Crippen LogP contribution in [0.2, 0.25) is 0 Å². The third kappa shape index (κ3) is 4.71. The Morgan fingerprint density at radius 1 is 1.15 bits per heavy atom. The van der Waals surface area contributed by atoms with Gasteiger partial charge in [0.25, 0.3) is 0 Å². The van der Waals surface area contributed by atoms with E-state index in [1.807, 2.05) is 17.0 Å². The Balaban J connectivity index is 1.61. The molecule has 2 fully saturated rings. The van der Waals surface area contributed by atoms with Crippen LogP contribution in [0.5, 0.6) is 5.75 Å². The number of likely N-dealkylation sites (tertiary alicyclic amines) is 1. The normalized spacial score (nSPS) is 25.3. The summed E-state index contributed by atoms with van der Waals surface area (Å²) >= 11 is 0. The fourth-order valence-corrected chi connectivity index (χ4v) is 4.32. The van der Waals surface area contributed by atoms with E-state index in [4.69, 9.17) is 4.74 Å². The summed E-state index contributed by atoms with van der Waals surface area (Å²) in [7, 11) is 3.92. The van der Waals surface area contributed by atoms with Crippen LogP contribution in [0, 0.1) is 0 Å². The van der Waals surface area contributed by atoms with Crippen molar-refractivity contribution < 1.29 is 9.53 Å². The van der Waals surface area contributed by atoms with E-state index >= 15 is 0 Å². The number of piperazine rings is 1. The van der Waals surface area contributed by atoms with Gasteiger partial charge in [-0.3, -0.25) is 14.6 Å². The van der Waals surface area contributed by atoms with Gasteiger partial charge in [0, 0.05) is 51.2 Å². The quantitative estimate of drug-likeness (QED) is 0.797. The minimum atomic E-state index is 0.131. The maximum Gasteiger partial charge on any atom is 0.222 e. The zero-order valence-corrected chi connectivity index (χ0v) is 17.0. The number of benzene rings is 1. The summed E-state index contributed by atoms with van der Waals surface area (Å²) in [4.78, 5) is 19.4. The lowest BCUT2D eigenvalue weighted by Crippen LogP contribution is -2.61. The molecule has 2 saturated heterocycles. The highest BCUT2D eigenvalue weighted by molar-refractivity contribution is 5.76. The average molecular weight is 372 g/mol. The second-order valence-electron chi connectivity index (χ2n) is 7.78. The van der Waals surface area contributed by atoms with Crippen LogP contribution in [-0.4, -0.2) is 79.6 Å². The van der Waals surface area contributed by atoms with Crippen LogP contribution >= 0.6 is 0 Å². The summed E-state index contributed by atoms with van der Waals surface area (Å²) in [6.07, 6.45) is 7.15. The van der Waals surface area contributed by atoms with Crippen molar-refractivity contribution in [2.75, 3.05) is 53.4 Å². The Kier molecular flexibility index (Phi) is 6.55. The fraction of sp³-hybridized carbons (Fsp3) is 0.591. The van der Waals surface area contributed by atoms with Gasteiger partial charge >= 0.3 is 0 Å². The third-order valence-electron chi connectivity index (χ3n) is 6.25. The molecule has 1 aromatic carbocycles. The van der Waals surface area contributed by atoms with Crippen molar-refractivity contribution in [1.29, 1.82) is 0 Å². The monoisotopic (exact) mass is 371 g/mol. The van der Waals surface area contributed by atoms with E-state index in [9.17, 15) is 4.79 Å². The number of carbonyl (C=O) groups is 1. The molecule has 2 heterocycles. The average Bonchev–Trinajstić information content (AvgIpc) is 2.85. The topological polar surface area (TPSA) is 36.0 Å². The lowest BCUT2D eigenvalue weighted by atomic mass is 9.86. The molecular formula is C22H33N3O2. The maximum atomic E-state index is 12.3. The number of nitrogens with zero attached hydrogens (tertiary/aromatic N) is 3. The first-order valence-electron chi connectivity index (χ1n) is 10.1. The standard InChI is InChI=1S/C22H33N3O2/c1-4-25-15-13-22(12-11-21(25)26)18-24(17-16-23(22)2)14-5-6-19-7-9-20(27-3)10-8-19/h5-10H,4,11-18H2,1-3H3/b6-5+/t22-/m0/s1. The molecule has 1 amide bonds. The molecule has 0 saturated carbocycles. The van der Waals surface area contributed by atoms with Gasteiger partial charge in [-0.15, -0.1) is 0 Å². The number of rotatable bonds is 5. The van der Waals surface area contributed by atoms with Gasteiger partial charge in [-0.05, 0) is 44.5 Å². The van der Waals surface area contributed by atoms with Crippen molar-refractivity contribution in [1.82, 2.24) is 14.7 Å². The van der Waals surface area contributed by atoms with Crippen molar-refractivity contribution in [3.63, 3.8) is 0 Å².